The monoisotopic (exact) mass is 289 g/mol. The fourth-order valence-electron chi connectivity index (χ4n) is 3.89. The molecular weight excluding hydrogens is 262 g/mol. The Morgan fingerprint density at radius 1 is 0.952 bits per heavy atom. The molecule has 116 valence electrons. The van der Waals surface area contributed by atoms with Crippen molar-refractivity contribution in [2.24, 2.45) is 0 Å². The molecule has 1 aromatic heterocycles. The van der Waals surface area contributed by atoms with Gasteiger partial charge in [-0.3, -0.25) is 0 Å². The Hall–Kier alpha value is -1.16. The third-order valence-corrected chi connectivity index (χ3v) is 4.27. The van der Waals surface area contributed by atoms with E-state index in [-0.39, 0.29) is 11.2 Å². The molecule has 0 spiro atoms. The summed E-state index contributed by atoms with van der Waals surface area (Å²) in [7, 11) is 0. The van der Waals surface area contributed by atoms with Gasteiger partial charge in [-0.1, -0.05) is 0 Å². The van der Waals surface area contributed by atoms with Crippen LogP contribution in [0.4, 0.5) is 5.82 Å². The maximum atomic E-state index is 6.20. The van der Waals surface area contributed by atoms with Crippen molar-refractivity contribution in [2.45, 2.75) is 71.5 Å². The minimum Gasteiger partial charge on any atom is -0.366 e. The molecule has 21 heavy (non-hydrogen) atoms. The average Bonchev–Trinajstić information content (AvgIpc) is 2.34. The van der Waals surface area contributed by atoms with Crippen molar-refractivity contribution in [3.8, 4) is 0 Å². The molecule has 0 amide bonds. The second kappa shape index (κ2) is 4.94. The zero-order chi connectivity index (χ0) is 15.3. The van der Waals surface area contributed by atoms with Crippen LogP contribution in [0.15, 0.2) is 0 Å². The largest absolute Gasteiger partial charge is 0.366 e. The Balaban J connectivity index is 2.01. The van der Waals surface area contributed by atoms with Gasteiger partial charge in [0, 0.05) is 24.3 Å². The molecule has 0 saturated carbocycles. The quantitative estimate of drug-likeness (QED) is 0.796. The summed E-state index contributed by atoms with van der Waals surface area (Å²) in [5.41, 5.74) is 2.34. The van der Waals surface area contributed by atoms with Gasteiger partial charge in [0.15, 0.2) is 0 Å². The molecule has 0 N–H and O–H groups in total. The first-order chi connectivity index (χ1) is 9.76. The molecule has 4 heteroatoms. The van der Waals surface area contributed by atoms with Crippen LogP contribution < -0.4 is 4.90 Å². The summed E-state index contributed by atoms with van der Waals surface area (Å²) in [6, 6.07) is 0. The summed E-state index contributed by atoms with van der Waals surface area (Å²) in [5.74, 6) is 2.05. The van der Waals surface area contributed by atoms with Crippen molar-refractivity contribution in [3.63, 3.8) is 0 Å². The van der Waals surface area contributed by atoms with Crippen molar-refractivity contribution >= 4 is 5.82 Å². The van der Waals surface area contributed by atoms with Crippen LogP contribution in [0.2, 0.25) is 0 Å². The van der Waals surface area contributed by atoms with Crippen molar-refractivity contribution in [1.82, 2.24) is 9.97 Å². The van der Waals surface area contributed by atoms with E-state index in [0.717, 1.165) is 37.6 Å². The predicted octanol–water partition coefficient (Wildman–Crippen LogP) is 3.06. The number of aryl methyl sites for hydroxylation is 2. The number of fused-ring (bicyclic) bond motifs is 1. The number of morpholine rings is 1. The van der Waals surface area contributed by atoms with Crippen LogP contribution in [0.25, 0.3) is 0 Å². The average molecular weight is 289 g/mol. The van der Waals surface area contributed by atoms with E-state index in [2.05, 4.69) is 37.6 Å². The van der Waals surface area contributed by atoms with Crippen molar-refractivity contribution in [1.29, 1.82) is 0 Å². The molecule has 1 aliphatic heterocycles. The van der Waals surface area contributed by atoms with Crippen LogP contribution in [0.5, 0.6) is 0 Å². The molecule has 0 aromatic carbocycles. The lowest BCUT2D eigenvalue weighted by Gasteiger charge is -2.48. The van der Waals surface area contributed by atoms with E-state index in [9.17, 15) is 0 Å². The van der Waals surface area contributed by atoms with Crippen LogP contribution in [0.3, 0.4) is 0 Å². The van der Waals surface area contributed by atoms with Crippen molar-refractivity contribution < 1.29 is 4.74 Å². The number of ether oxygens (including phenoxy) is 1. The lowest BCUT2D eigenvalue weighted by Crippen LogP contribution is -2.57. The van der Waals surface area contributed by atoms with Gasteiger partial charge < -0.3 is 9.64 Å². The van der Waals surface area contributed by atoms with Gasteiger partial charge in [-0.2, -0.15) is 0 Å². The van der Waals surface area contributed by atoms with Crippen LogP contribution >= 0.6 is 0 Å². The molecule has 3 rings (SSSR count). The number of rotatable bonds is 1. The van der Waals surface area contributed by atoms with Gasteiger partial charge in [-0.25, -0.2) is 9.97 Å². The maximum Gasteiger partial charge on any atom is 0.135 e. The summed E-state index contributed by atoms with van der Waals surface area (Å²) >= 11 is 0. The zero-order valence-corrected chi connectivity index (χ0v) is 14.0. The first-order valence-corrected chi connectivity index (χ1v) is 8.07. The zero-order valence-electron chi connectivity index (χ0n) is 14.0. The molecule has 2 aliphatic rings. The molecule has 0 bridgehead atoms. The summed E-state index contributed by atoms with van der Waals surface area (Å²) in [6.45, 7) is 12.5. The molecule has 1 fully saturated rings. The first-order valence-electron chi connectivity index (χ1n) is 8.07. The molecule has 1 saturated heterocycles. The van der Waals surface area contributed by atoms with E-state index in [4.69, 9.17) is 9.72 Å². The molecule has 0 atom stereocenters. The molecule has 1 aliphatic carbocycles. The number of hydrogen-bond acceptors (Lipinski definition) is 4. The number of aromatic nitrogens is 2. The number of anilines is 1. The van der Waals surface area contributed by atoms with Gasteiger partial charge >= 0.3 is 0 Å². The smallest absolute Gasteiger partial charge is 0.135 e. The van der Waals surface area contributed by atoms with Gasteiger partial charge in [0.05, 0.1) is 11.2 Å². The standard InChI is InChI=1S/C17H27N3O/c1-12-18-14-9-7-6-8-13(14)15(19-12)20-10-16(2,3)21-17(4,5)11-20/h6-11H2,1-5H3. The third-order valence-electron chi connectivity index (χ3n) is 4.27. The maximum absolute atomic E-state index is 6.20. The fourth-order valence-corrected chi connectivity index (χ4v) is 3.89. The van der Waals surface area contributed by atoms with E-state index in [1.807, 2.05) is 6.92 Å². The Kier molecular flexibility index (Phi) is 3.47. The van der Waals surface area contributed by atoms with Crippen LogP contribution in [0, 0.1) is 6.92 Å². The van der Waals surface area contributed by atoms with E-state index < -0.39 is 0 Å². The molecule has 2 heterocycles. The lowest BCUT2D eigenvalue weighted by atomic mass is 9.94. The highest BCUT2D eigenvalue weighted by molar-refractivity contribution is 5.51. The molecular formula is C17H27N3O. The highest BCUT2D eigenvalue weighted by Crippen LogP contribution is 2.34. The van der Waals surface area contributed by atoms with E-state index in [1.165, 1.54) is 24.1 Å². The molecule has 4 nitrogen and oxygen atoms in total. The number of nitrogens with zero attached hydrogens (tertiary/aromatic N) is 3. The Bertz CT molecular complexity index is 535. The van der Waals surface area contributed by atoms with Gasteiger partial charge in [0.25, 0.3) is 0 Å². The summed E-state index contributed by atoms with van der Waals surface area (Å²) in [5, 5.41) is 0. The second-order valence-electron chi connectivity index (χ2n) is 7.70. The van der Waals surface area contributed by atoms with Gasteiger partial charge in [0.1, 0.15) is 11.6 Å². The highest BCUT2D eigenvalue weighted by atomic mass is 16.5. The van der Waals surface area contributed by atoms with E-state index in [1.54, 1.807) is 0 Å². The second-order valence-corrected chi connectivity index (χ2v) is 7.70. The predicted molar refractivity (Wildman–Crippen MR) is 84.9 cm³/mol. The van der Waals surface area contributed by atoms with E-state index >= 15 is 0 Å². The normalized spacial score (nSPS) is 23.8. The number of hydrogen-bond donors (Lipinski definition) is 0. The minimum absolute atomic E-state index is 0.151. The van der Waals surface area contributed by atoms with Crippen LogP contribution in [0.1, 0.15) is 57.6 Å². The van der Waals surface area contributed by atoms with Gasteiger partial charge in [-0.15, -0.1) is 0 Å². The van der Waals surface area contributed by atoms with Gasteiger partial charge in [0.2, 0.25) is 0 Å². The van der Waals surface area contributed by atoms with E-state index in [0.29, 0.717) is 0 Å². The first kappa shape index (κ1) is 14.8. The van der Waals surface area contributed by atoms with Crippen molar-refractivity contribution in [3.05, 3.63) is 17.1 Å². The Labute approximate surface area is 127 Å². The SMILES string of the molecule is Cc1nc2c(c(N3CC(C)(C)OC(C)(C)C3)n1)CCCC2. The molecule has 1 aromatic rings. The lowest BCUT2D eigenvalue weighted by molar-refractivity contribution is -0.133. The summed E-state index contributed by atoms with van der Waals surface area (Å²) < 4.78 is 6.20. The van der Waals surface area contributed by atoms with Gasteiger partial charge in [-0.05, 0) is 60.3 Å². The Morgan fingerprint density at radius 2 is 1.57 bits per heavy atom. The topological polar surface area (TPSA) is 38.2 Å². The Morgan fingerprint density at radius 3 is 2.24 bits per heavy atom. The highest BCUT2D eigenvalue weighted by Gasteiger charge is 2.39. The van der Waals surface area contributed by atoms with Crippen LogP contribution in [-0.4, -0.2) is 34.3 Å². The molecule has 0 radical (unpaired) electrons. The summed E-state index contributed by atoms with van der Waals surface area (Å²) in [6.07, 6.45) is 4.72. The summed E-state index contributed by atoms with van der Waals surface area (Å²) in [4.78, 5) is 11.9. The molecule has 0 unspecified atom stereocenters. The fraction of sp³-hybridized carbons (Fsp3) is 0.765. The van der Waals surface area contributed by atoms with Crippen molar-refractivity contribution in [2.75, 3.05) is 18.0 Å². The third kappa shape index (κ3) is 3.05. The van der Waals surface area contributed by atoms with Crippen LogP contribution in [-0.2, 0) is 17.6 Å². The minimum atomic E-state index is -0.151.